The molecular weight excluding hydrogens is 265 g/mol. The van der Waals surface area contributed by atoms with Crippen molar-refractivity contribution in [2.24, 2.45) is 0 Å². The zero-order chi connectivity index (χ0) is 11.7. The Morgan fingerprint density at radius 1 is 1.35 bits per heavy atom. The highest BCUT2D eigenvalue weighted by molar-refractivity contribution is 6.31. The van der Waals surface area contributed by atoms with Gasteiger partial charge in [-0.3, -0.25) is 4.79 Å². The quantitative estimate of drug-likeness (QED) is 0.691. The van der Waals surface area contributed by atoms with Gasteiger partial charge in [0, 0.05) is 16.3 Å². The molecule has 0 aliphatic carbocycles. The summed E-state index contributed by atoms with van der Waals surface area (Å²) in [7, 11) is 0. The summed E-state index contributed by atoms with van der Waals surface area (Å²) in [5, 5.41) is 9.69. The van der Waals surface area contributed by atoms with Crippen LogP contribution in [0.1, 0.15) is 0 Å². The summed E-state index contributed by atoms with van der Waals surface area (Å²) in [6, 6.07) is 5.77. The summed E-state index contributed by atoms with van der Waals surface area (Å²) in [5.74, 6) is -0.146. The number of hydrogen-bond acceptors (Lipinski definition) is 4. The first-order valence-electron chi connectivity index (χ1n) is 4.42. The molecule has 0 bridgehead atoms. The Labute approximate surface area is 108 Å². The summed E-state index contributed by atoms with van der Waals surface area (Å²) >= 11 is 5.75. The molecule has 1 heterocycles. The van der Waals surface area contributed by atoms with E-state index in [1.54, 1.807) is 18.2 Å². The predicted octanol–water partition coefficient (Wildman–Crippen LogP) is 1.80. The van der Waals surface area contributed by atoms with Crippen molar-refractivity contribution in [3.63, 3.8) is 0 Å². The summed E-state index contributed by atoms with van der Waals surface area (Å²) in [6.45, 7) is 0. The third-order valence-corrected chi connectivity index (χ3v) is 2.23. The number of aromatic nitrogens is 2. The van der Waals surface area contributed by atoms with E-state index in [1.165, 1.54) is 0 Å². The normalized spacial score (nSPS) is 9.71. The van der Waals surface area contributed by atoms with Crippen LogP contribution >= 0.6 is 24.0 Å². The van der Waals surface area contributed by atoms with Crippen LogP contribution in [0, 0.1) is 0 Å². The van der Waals surface area contributed by atoms with Crippen molar-refractivity contribution in [3.8, 4) is 17.3 Å². The van der Waals surface area contributed by atoms with Crippen molar-refractivity contribution >= 4 is 29.7 Å². The van der Waals surface area contributed by atoms with E-state index in [1.807, 2.05) is 0 Å². The van der Waals surface area contributed by atoms with Gasteiger partial charge in [0.25, 0.3) is 5.56 Å². The van der Waals surface area contributed by atoms with Crippen LogP contribution in [0.2, 0.25) is 5.02 Å². The third kappa shape index (κ3) is 2.89. The summed E-state index contributed by atoms with van der Waals surface area (Å²) < 4.78 is 0. The van der Waals surface area contributed by atoms with Crippen LogP contribution in [0.3, 0.4) is 0 Å². The summed E-state index contributed by atoms with van der Waals surface area (Å²) in [4.78, 5) is 17.4. The van der Waals surface area contributed by atoms with Crippen LogP contribution in [0.15, 0.2) is 29.1 Å². The number of nitrogen functional groups attached to an aromatic ring is 1. The molecule has 5 nitrogen and oxygen atoms in total. The van der Waals surface area contributed by atoms with Crippen molar-refractivity contribution < 1.29 is 5.11 Å². The highest BCUT2D eigenvalue weighted by atomic mass is 35.5. The average molecular weight is 274 g/mol. The van der Waals surface area contributed by atoms with E-state index in [2.05, 4.69) is 9.97 Å². The molecule has 7 heteroatoms. The molecule has 0 saturated heterocycles. The largest absolute Gasteiger partial charge is 0.493 e. The molecule has 0 radical (unpaired) electrons. The van der Waals surface area contributed by atoms with Crippen LogP contribution in [-0.4, -0.2) is 15.1 Å². The molecule has 2 aromatic rings. The molecule has 17 heavy (non-hydrogen) atoms. The van der Waals surface area contributed by atoms with Crippen molar-refractivity contribution in [2.75, 3.05) is 5.73 Å². The minimum Gasteiger partial charge on any atom is -0.493 e. The molecule has 0 spiro atoms. The van der Waals surface area contributed by atoms with E-state index in [-0.39, 0.29) is 24.1 Å². The molecule has 0 unspecified atom stereocenters. The molecular formula is C10H9Cl2N3O2. The number of hydrogen-bond donors (Lipinski definition) is 3. The lowest BCUT2D eigenvalue weighted by Gasteiger charge is -2.05. The summed E-state index contributed by atoms with van der Waals surface area (Å²) in [6.07, 6.45) is 0. The maximum absolute atomic E-state index is 11.1. The second-order valence-corrected chi connectivity index (χ2v) is 3.62. The number of halogens is 2. The van der Waals surface area contributed by atoms with Crippen molar-refractivity contribution in [3.05, 3.63) is 39.6 Å². The fourth-order valence-electron chi connectivity index (χ4n) is 1.32. The molecule has 0 aliphatic rings. The first kappa shape index (κ1) is 13.3. The highest BCUT2D eigenvalue weighted by Crippen LogP contribution is 2.25. The van der Waals surface area contributed by atoms with E-state index >= 15 is 0 Å². The zero-order valence-corrected chi connectivity index (χ0v) is 10.0. The van der Waals surface area contributed by atoms with E-state index in [0.29, 0.717) is 16.3 Å². The Morgan fingerprint density at radius 2 is 2.06 bits per heavy atom. The molecule has 0 saturated carbocycles. The van der Waals surface area contributed by atoms with Crippen LogP contribution in [-0.2, 0) is 0 Å². The number of anilines is 1. The van der Waals surface area contributed by atoms with Gasteiger partial charge in [0.1, 0.15) is 5.82 Å². The van der Waals surface area contributed by atoms with Gasteiger partial charge in [0.05, 0.1) is 6.07 Å². The van der Waals surface area contributed by atoms with Gasteiger partial charge < -0.3 is 15.8 Å². The zero-order valence-electron chi connectivity index (χ0n) is 8.48. The van der Waals surface area contributed by atoms with Crippen molar-refractivity contribution in [1.82, 2.24) is 9.97 Å². The number of aromatic hydroxyl groups is 1. The number of H-pyrrole nitrogens is 1. The van der Waals surface area contributed by atoms with Gasteiger partial charge in [-0.2, -0.15) is 4.98 Å². The Kier molecular flexibility index (Phi) is 3.98. The Morgan fingerprint density at radius 3 is 2.65 bits per heavy atom. The number of nitrogens with one attached hydrogen (secondary N) is 1. The second kappa shape index (κ2) is 5.07. The standard InChI is InChI=1S/C10H8ClN3O2.ClH/c11-5-1-2-6(7(12)3-5)10-13-8(15)4-9(16)14-10;/h1-4H,12H2,(H2,13,14,15,16);1H. The number of rotatable bonds is 1. The van der Waals surface area contributed by atoms with Gasteiger partial charge in [0.2, 0.25) is 5.88 Å². The van der Waals surface area contributed by atoms with Crippen LogP contribution in [0.5, 0.6) is 5.88 Å². The maximum atomic E-state index is 11.1. The first-order chi connectivity index (χ1) is 7.56. The Balaban J connectivity index is 0.00000144. The van der Waals surface area contributed by atoms with E-state index in [0.717, 1.165) is 6.07 Å². The molecule has 1 aromatic carbocycles. The number of benzene rings is 1. The monoisotopic (exact) mass is 273 g/mol. The minimum atomic E-state index is -0.447. The predicted molar refractivity (Wildman–Crippen MR) is 68.6 cm³/mol. The minimum absolute atomic E-state index is 0. The smallest absolute Gasteiger partial charge is 0.254 e. The van der Waals surface area contributed by atoms with Crippen LogP contribution in [0.4, 0.5) is 5.69 Å². The lowest BCUT2D eigenvalue weighted by atomic mass is 10.1. The van der Waals surface area contributed by atoms with E-state index < -0.39 is 5.56 Å². The van der Waals surface area contributed by atoms with Crippen LogP contribution in [0.25, 0.3) is 11.4 Å². The van der Waals surface area contributed by atoms with Gasteiger partial charge in [-0.1, -0.05) is 11.6 Å². The molecule has 2 rings (SSSR count). The molecule has 0 aliphatic heterocycles. The third-order valence-electron chi connectivity index (χ3n) is 2.00. The maximum Gasteiger partial charge on any atom is 0.254 e. The lowest BCUT2D eigenvalue weighted by molar-refractivity contribution is 0.452. The summed E-state index contributed by atoms with van der Waals surface area (Å²) in [5.41, 5.74) is 6.17. The number of nitrogens with zero attached hydrogens (tertiary/aromatic N) is 1. The van der Waals surface area contributed by atoms with Gasteiger partial charge in [-0.05, 0) is 18.2 Å². The average Bonchev–Trinajstić information content (AvgIpc) is 2.15. The number of aromatic amines is 1. The van der Waals surface area contributed by atoms with Gasteiger partial charge in [-0.25, -0.2) is 0 Å². The second-order valence-electron chi connectivity index (χ2n) is 3.18. The molecule has 90 valence electrons. The molecule has 1 aromatic heterocycles. The molecule has 0 atom stereocenters. The van der Waals surface area contributed by atoms with Gasteiger partial charge >= 0.3 is 0 Å². The number of nitrogens with two attached hydrogens (primary N) is 1. The fourth-order valence-corrected chi connectivity index (χ4v) is 1.50. The topological polar surface area (TPSA) is 92.0 Å². The van der Waals surface area contributed by atoms with Crippen LogP contribution < -0.4 is 11.3 Å². The molecule has 4 N–H and O–H groups in total. The van der Waals surface area contributed by atoms with Crippen molar-refractivity contribution in [1.29, 1.82) is 0 Å². The van der Waals surface area contributed by atoms with Gasteiger partial charge in [-0.15, -0.1) is 12.4 Å². The SMILES string of the molecule is Cl.Nc1cc(Cl)ccc1-c1nc(O)cc(=O)[nH]1. The molecule has 0 fully saturated rings. The fraction of sp³-hybridized carbons (Fsp3) is 0. The van der Waals surface area contributed by atoms with E-state index in [4.69, 9.17) is 17.3 Å². The Bertz CT molecular complexity index is 598. The van der Waals surface area contributed by atoms with E-state index in [9.17, 15) is 9.90 Å². The lowest BCUT2D eigenvalue weighted by Crippen LogP contribution is -2.07. The first-order valence-corrected chi connectivity index (χ1v) is 4.80. The highest BCUT2D eigenvalue weighted by Gasteiger charge is 2.07. The van der Waals surface area contributed by atoms with Crippen molar-refractivity contribution in [2.45, 2.75) is 0 Å². The van der Waals surface area contributed by atoms with Gasteiger partial charge in [0.15, 0.2) is 0 Å². The molecule has 0 amide bonds. The Hall–Kier alpha value is -1.72.